The molecule has 0 aliphatic carbocycles. The number of nitrogens with one attached hydrogen (secondary N) is 2. The summed E-state index contributed by atoms with van der Waals surface area (Å²) < 4.78 is 26.6. The van der Waals surface area contributed by atoms with Gasteiger partial charge in [0.15, 0.2) is 5.13 Å². The maximum Gasteiger partial charge on any atom is 0.242 e. The van der Waals surface area contributed by atoms with Gasteiger partial charge in [-0.1, -0.05) is 23.7 Å². The molecule has 0 saturated heterocycles. The molecular formula is C11H12ClN3O2S2. The van der Waals surface area contributed by atoms with Crippen LogP contribution in [0.3, 0.4) is 0 Å². The third-order valence-corrected chi connectivity index (χ3v) is 5.14. The van der Waals surface area contributed by atoms with E-state index in [1.807, 2.05) is 0 Å². The Balaban J connectivity index is 2.12. The molecule has 2 aromatic rings. The van der Waals surface area contributed by atoms with Crippen molar-refractivity contribution in [3.05, 3.63) is 40.4 Å². The number of hydrogen-bond acceptors (Lipinski definition) is 5. The van der Waals surface area contributed by atoms with Crippen LogP contribution < -0.4 is 10.0 Å². The summed E-state index contributed by atoms with van der Waals surface area (Å²) in [6.07, 6.45) is 0. The predicted octanol–water partition coefficient (Wildman–Crippen LogP) is 2.32. The van der Waals surface area contributed by atoms with Gasteiger partial charge in [0.1, 0.15) is 4.90 Å². The summed E-state index contributed by atoms with van der Waals surface area (Å²) >= 11 is 7.29. The Labute approximate surface area is 120 Å². The molecule has 0 aliphatic rings. The van der Waals surface area contributed by atoms with Crippen LogP contribution in [-0.2, 0) is 16.6 Å². The number of sulfonamides is 1. The van der Waals surface area contributed by atoms with Gasteiger partial charge in [-0.3, -0.25) is 0 Å². The lowest BCUT2D eigenvalue weighted by molar-refractivity contribution is 0.580. The zero-order valence-electron chi connectivity index (χ0n) is 10.1. The molecule has 0 radical (unpaired) electrons. The largest absolute Gasteiger partial charge is 0.365 e. The molecule has 0 saturated carbocycles. The molecule has 0 unspecified atom stereocenters. The highest BCUT2D eigenvalue weighted by atomic mass is 35.5. The average Bonchev–Trinajstić information content (AvgIpc) is 2.85. The molecule has 0 bridgehead atoms. The lowest BCUT2D eigenvalue weighted by Crippen LogP contribution is -2.23. The van der Waals surface area contributed by atoms with E-state index >= 15 is 0 Å². The monoisotopic (exact) mass is 317 g/mol. The molecular weight excluding hydrogens is 306 g/mol. The van der Waals surface area contributed by atoms with E-state index in [9.17, 15) is 8.42 Å². The second-order valence-corrected chi connectivity index (χ2v) is 6.65. The Kier molecular flexibility index (Phi) is 4.41. The van der Waals surface area contributed by atoms with Gasteiger partial charge in [0.25, 0.3) is 0 Å². The van der Waals surface area contributed by atoms with Gasteiger partial charge in [-0.15, -0.1) is 11.3 Å². The first kappa shape index (κ1) is 14.3. The molecule has 0 spiro atoms. The first-order valence-electron chi connectivity index (χ1n) is 5.39. The molecule has 0 aliphatic heterocycles. The summed E-state index contributed by atoms with van der Waals surface area (Å²) in [4.78, 5) is 4.27. The fourth-order valence-electron chi connectivity index (χ4n) is 1.41. The molecule has 1 aromatic carbocycles. The van der Waals surface area contributed by atoms with Crippen LogP contribution in [0.15, 0.2) is 34.5 Å². The summed E-state index contributed by atoms with van der Waals surface area (Å²) in [6, 6.07) is 6.31. The first-order chi connectivity index (χ1) is 9.03. The number of anilines is 1. The average molecular weight is 318 g/mol. The van der Waals surface area contributed by atoms with Gasteiger partial charge in [0.05, 0.1) is 17.3 Å². The third-order valence-electron chi connectivity index (χ3n) is 2.34. The minimum Gasteiger partial charge on any atom is -0.365 e. The number of hydrogen-bond donors (Lipinski definition) is 2. The third kappa shape index (κ3) is 3.44. The van der Waals surface area contributed by atoms with Crippen molar-refractivity contribution in [2.75, 3.05) is 12.4 Å². The van der Waals surface area contributed by atoms with Crippen molar-refractivity contribution in [3.63, 3.8) is 0 Å². The van der Waals surface area contributed by atoms with Gasteiger partial charge < -0.3 is 5.32 Å². The van der Waals surface area contributed by atoms with E-state index in [1.165, 1.54) is 23.5 Å². The Morgan fingerprint density at radius 2 is 2.11 bits per heavy atom. The highest BCUT2D eigenvalue weighted by Crippen LogP contribution is 2.21. The van der Waals surface area contributed by atoms with Crippen molar-refractivity contribution in [2.45, 2.75) is 11.4 Å². The van der Waals surface area contributed by atoms with Gasteiger partial charge in [0.2, 0.25) is 10.0 Å². The second-order valence-electron chi connectivity index (χ2n) is 3.65. The minimum atomic E-state index is -3.62. The Morgan fingerprint density at radius 1 is 1.37 bits per heavy atom. The van der Waals surface area contributed by atoms with E-state index in [0.717, 1.165) is 5.13 Å². The lowest BCUT2D eigenvalue weighted by Gasteiger charge is -2.06. The van der Waals surface area contributed by atoms with E-state index in [2.05, 4.69) is 15.0 Å². The van der Waals surface area contributed by atoms with E-state index in [4.69, 9.17) is 11.6 Å². The van der Waals surface area contributed by atoms with E-state index in [1.54, 1.807) is 24.6 Å². The van der Waals surface area contributed by atoms with Crippen LogP contribution in [-0.4, -0.2) is 20.4 Å². The first-order valence-corrected chi connectivity index (χ1v) is 8.13. The molecule has 2 N–H and O–H groups in total. The van der Waals surface area contributed by atoms with Crippen LogP contribution in [0.2, 0.25) is 5.02 Å². The number of aromatic nitrogens is 1. The molecule has 0 fully saturated rings. The number of benzene rings is 1. The quantitative estimate of drug-likeness (QED) is 0.888. The topological polar surface area (TPSA) is 71.1 Å². The summed E-state index contributed by atoms with van der Waals surface area (Å²) in [5, 5.41) is 5.63. The van der Waals surface area contributed by atoms with Crippen LogP contribution in [0.25, 0.3) is 0 Å². The highest BCUT2D eigenvalue weighted by Gasteiger charge is 2.17. The molecule has 8 heteroatoms. The molecule has 0 atom stereocenters. The number of nitrogens with zero attached hydrogens (tertiary/aromatic N) is 1. The molecule has 19 heavy (non-hydrogen) atoms. The Morgan fingerprint density at radius 3 is 2.74 bits per heavy atom. The SMILES string of the molecule is CNc1nc(CNS(=O)(=O)c2ccccc2Cl)cs1. The maximum absolute atomic E-state index is 12.1. The van der Waals surface area contributed by atoms with Crippen molar-refractivity contribution >= 4 is 38.1 Å². The summed E-state index contributed by atoms with van der Waals surface area (Å²) in [5.41, 5.74) is 0.657. The molecule has 5 nitrogen and oxygen atoms in total. The van der Waals surface area contributed by atoms with Crippen molar-refractivity contribution in [1.29, 1.82) is 0 Å². The van der Waals surface area contributed by atoms with E-state index in [0.29, 0.717) is 5.69 Å². The number of thiazole rings is 1. The fourth-order valence-corrected chi connectivity index (χ4v) is 3.60. The molecule has 1 aromatic heterocycles. The van der Waals surface area contributed by atoms with Gasteiger partial charge in [-0.05, 0) is 12.1 Å². The van der Waals surface area contributed by atoms with Crippen LogP contribution in [0.5, 0.6) is 0 Å². The molecule has 2 rings (SSSR count). The van der Waals surface area contributed by atoms with Crippen LogP contribution >= 0.6 is 22.9 Å². The summed E-state index contributed by atoms with van der Waals surface area (Å²) in [5.74, 6) is 0. The highest BCUT2D eigenvalue weighted by molar-refractivity contribution is 7.89. The zero-order valence-corrected chi connectivity index (χ0v) is 12.4. The van der Waals surface area contributed by atoms with Crippen LogP contribution in [0.4, 0.5) is 5.13 Å². The molecule has 1 heterocycles. The van der Waals surface area contributed by atoms with Crippen LogP contribution in [0, 0.1) is 0 Å². The molecule has 0 amide bonds. The summed E-state index contributed by atoms with van der Waals surface area (Å²) in [6.45, 7) is 0.131. The minimum absolute atomic E-state index is 0.0701. The Hall–Kier alpha value is -1.15. The van der Waals surface area contributed by atoms with Crippen molar-refractivity contribution in [3.8, 4) is 0 Å². The second kappa shape index (κ2) is 5.87. The zero-order chi connectivity index (χ0) is 13.9. The van der Waals surface area contributed by atoms with E-state index < -0.39 is 10.0 Å². The predicted molar refractivity (Wildman–Crippen MR) is 77.1 cm³/mol. The number of rotatable bonds is 5. The fraction of sp³-hybridized carbons (Fsp3) is 0.182. The normalized spacial score (nSPS) is 11.5. The van der Waals surface area contributed by atoms with Gasteiger partial charge in [-0.25, -0.2) is 18.1 Å². The number of halogens is 1. The Bertz CT molecular complexity index is 670. The van der Waals surface area contributed by atoms with Gasteiger partial charge >= 0.3 is 0 Å². The smallest absolute Gasteiger partial charge is 0.242 e. The van der Waals surface area contributed by atoms with Crippen molar-refractivity contribution in [2.24, 2.45) is 0 Å². The summed E-state index contributed by atoms with van der Waals surface area (Å²) in [7, 11) is -1.86. The van der Waals surface area contributed by atoms with Crippen molar-refractivity contribution < 1.29 is 8.42 Å². The molecule has 102 valence electrons. The van der Waals surface area contributed by atoms with Crippen molar-refractivity contribution in [1.82, 2.24) is 9.71 Å². The standard InChI is InChI=1S/C11H12ClN3O2S2/c1-13-11-15-8(7-18-11)6-14-19(16,17)10-5-3-2-4-9(10)12/h2-5,7,14H,6H2,1H3,(H,13,15). The van der Waals surface area contributed by atoms with Gasteiger partial charge in [0, 0.05) is 12.4 Å². The van der Waals surface area contributed by atoms with Crippen LogP contribution in [0.1, 0.15) is 5.69 Å². The van der Waals surface area contributed by atoms with E-state index in [-0.39, 0.29) is 16.5 Å². The maximum atomic E-state index is 12.1. The lowest BCUT2D eigenvalue weighted by atomic mass is 10.4. The van der Waals surface area contributed by atoms with Gasteiger partial charge in [-0.2, -0.15) is 0 Å².